The Hall–Kier alpha value is -3.14. The first-order chi connectivity index (χ1) is 14.5. The van der Waals surface area contributed by atoms with Crippen molar-refractivity contribution in [3.8, 4) is 11.5 Å². The second-order valence-corrected chi connectivity index (χ2v) is 6.85. The van der Waals surface area contributed by atoms with Gasteiger partial charge in [-0.25, -0.2) is 9.67 Å². The fourth-order valence-electron chi connectivity index (χ4n) is 3.38. The third-order valence-electron chi connectivity index (χ3n) is 4.81. The monoisotopic (exact) mass is 417 g/mol. The number of amides is 2. The molecule has 1 saturated heterocycles. The number of morpholine rings is 1. The molecule has 10 nitrogen and oxygen atoms in total. The summed E-state index contributed by atoms with van der Waals surface area (Å²) >= 11 is 0. The van der Waals surface area contributed by atoms with Gasteiger partial charge in [-0.1, -0.05) is 13.0 Å². The maximum Gasteiger partial charge on any atom is 0.246 e. The van der Waals surface area contributed by atoms with Crippen molar-refractivity contribution in [3.63, 3.8) is 0 Å². The molecule has 2 aromatic rings. The zero-order valence-electron chi connectivity index (χ0n) is 17.6. The minimum Gasteiger partial charge on any atom is -0.493 e. The second-order valence-electron chi connectivity index (χ2n) is 6.85. The lowest BCUT2D eigenvalue weighted by molar-refractivity contribution is -0.138. The molecule has 0 bridgehead atoms. The molecule has 1 aromatic heterocycles. The van der Waals surface area contributed by atoms with Crippen molar-refractivity contribution in [1.82, 2.24) is 25.4 Å². The largest absolute Gasteiger partial charge is 0.493 e. The van der Waals surface area contributed by atoms with Gasteiger partial charge in [0.1, 0.15) is 12.7 Å². The topological polar surface area (TPSA) is 117 Å². The lowest BCUT2D eigenvalue weighted by Crippen LogP contribution is -2.42. The van der Waals surface area contributed by atoms with Crippen molar-refractivity contribution < 1.29 is 23.8 Å². The van der Waals surface area contributed by atoms with Crippen molar-refractivity contribution in [2.24, 2.45) is 0 Å². The van der Waals surface area contributed by atoms with Crippen LogP contribution in [-0.4, -0.2) is 54.5 Å². The van der Waals surface area contributed by atoms with Crippen LogP contribution in [0.25, 0.3) is 0 Å². The van der Waals surface area contributed by atoms with E-state index in [1.807, 2.05) is 13.0 Å². The number of carbonyl (C=O) groups excluding carboxylic acids is 2. The summed E-state index contributed by atoms with van der Waals surface area (Å²) in [7, 11) is 4.68. The van der Waals surface area contributed by atoms with Gasteiger partial charge in [0, 0.05) is 13.6 Å². The van der Waals surface area contributed by atoms with Crippen LogP contribution in [0.2, 0.25) is 0 Å². The van der Waals surface area contributed by atoms with Gasteiger partial charge in [-0.3, -0.25) is 9.59 Å². The van der Waals surface area contributed by atoms with E-state index in [9.17, 15) is 9.59 Å². The molecule has 0 saturated carbocycles. The number of likely N-dealkylation sites (N-methyl/N-ethyl adjacent to an activating group) is 1. The van der Waals surface area contributed by atoms with Crippen molar-refractivity contribution in [2.45, 2.75) is 38.5 Å². The molecule has 0 spiro atoms. The summed E-state index contributed by atoms with van der Waals surface area (Å²) in [6.45, 7) is 2.56. The molecule has 0 radical (unpaired) electrons. The number of aromatic nitrogens is 3. The Morgan fingerprint density at radius 3 is 2.77 bits per heavy atom. The average molecular weight is 417 g/mol. The second kappa shape index (κ2) is 9.57. The average Bonchev–Trinajstić information content (AvgIpc) is 3.15. The van der Waals surface area contributed by atoms with Gasteiger partial charge in [0.05, 0.1) is 26.7 Å². The first-order valence-corrected chi connectivity index (χ1v) is 9.77. The van der Waals surface area contributed by atoms with Crippen LogP contribution in [0.4, 0.5) is 0 Å². The van der Waals surface area contributed by atoms with E-state index >= 15 is 0 Å². The number of rotatable bonds is 8. The Morgan fingerprint density at radius 2 is 2.10 bits per heavy atom. The van der Waals surface area contributed by atoms with Crippen molar-refractivity contribution in [3.05, 3.63) is 35.4 Å². The molecule has 1 aliphatic rings. The normalized spacial score (nSPS) is 18.6. The summed E-state index contributed by atoms with van der Waals surface area (Å²) in [6.07, 6.45) is 0.328. The number of aryl methyl sites for hydroxylation is 1. The zero-order chi connectivity index (χ0) is 21.7. The highest BCUT2D eigenvalue weighted by Gasteiger charge is 2.36. The van der Waals surface area contributed by atoms with Crippen molar-refractivity contribution in [2.75, 3.05) is 27.9 Å². The van der Waals surface area contributed by atoms with Gasteiger partial charge in [-0.2, -0.15) is 5.10 Å². The Bertz CT molecular complexity index is 913. The van der Waals surface area contributed by atoms with E-state index < -0.39 is 12.1 Å². The SMILES string of the molecule is CCCn1nc(CC(=O)NC)nc1[C@H]1OCC(=O)N[C@@H]1c1ccc(OC)c(OC)c1. The van der Waals surface area contributed by atoms with Crippen LogP contribution in [0.5, 0.6) is 11.5 Å². The fraction of sp³-hybridized carbons (Fsp3) is 0.500. The molecule has 0 unspecified atom stereocenters. The van der Waals surface area contributed by atoms with E-state index in [1.165, 1.54) is 0 Å². The van der Waals surface area contributed by atoms with Crippen LogP contribution in [0.1, 0.15) is 42.7 Å². The van der Waals surface area contributed by atoms with E-state index in [0.717, 1.165) is 12.0 Å². The highest BCUT2D eigenvalue weighted by Crippen LogP contribution is 2.37. The Labute approximate surface area is 174 Å². The summed E-state index contributed by atoms with van der Waals surface area (Å²) in [5, 5.41) is 10.0. The van der Waals surface area contributed by atoms with E-state index in [-0.39, 0.29) is 24.8 Å². The van der Waals surface area contributed by atoms with Gasteiger partial charge in [0.2, 0.25) is 11.8 Å². The Balaban J connectivity index is 2.00. The highest BCUT2D eigenvalue weighted by molar-refractivity contribution is 5.78. The molecular formula is C20H27N5O5. The van der Waals surface area contributed by atoms with Gasteiger partial charge < -0.3 is 24.8 Å². The first-order valence-electron chi connectivity index (χ1n) is 9.77. The van der Waals surface area contributed by atoms with Gasteiger partial charge in [0.15, 0.2) is 23.1 Å². The molecule has 3 rings (SSSR count). The minimum absolute atomic E-state index is 0.0698. The summed E-state index contributed by atoms with van der Waals surface area (Å²) in [5.74, 6) is 1.70. The smallest absolute Gasteiger partial charge is 0.246 e. The lowest BCUT2D eigenvalue weighted by Gasteiger charge is -2.32. The molecule has 2 N–H and O–H groups in total. The van der Waals surface area contributed by atoms with E-state index in [4.69, 9.17) is 14.2 Å². The van der Waals surface area contributed by atoms with Crippen LogP contribution in [0.15, 0.2) is 18.2 Å². The predicted octanol–water partition coefficient (Wildman–Crippen LogP) is 0.923. The molecule has 1 aromatic carbocycles. The van der Waals surface area contributed by atoms with Crippen LogP contribution in [0.3, 0.4) is 0 Å². The van der Waals surface area contributed by atoms with Crippen LogP contribution in [-0.2, 0) is 27.3 Å². The summed E-state index contributed by atoms with van der Waals surface area (Å²) < 4.78 is 18.3. The molecule has 30 heavy (non-hydrogen) atoms. The molecule has 1 aliphatic heterocycles. The van der Waals surface area contributed by atoms with Crippen LogP contribution < -0.4 is 20.1 Å². The molecule has 10 heteroatoms. The summed E-state index contributed by atoms with van der Waals surface area (Å²) in [5.41, 5.74) is 0.782. The number of benzene rings is 1. The lowest BCUT2D eigenvalue weighted by atomic mass is 9.98. The van der Waals surface area contributed by atoms with Gasteiger partial charge >= 0.3 is 0 Å². The highest BCUT2D eigenvalue weighted by atomic mass is 16.5. The van der Waals surface area contributed by atoms with E-state index in [1.54, 1.807) is 38.1 Å². The van der Waals surface area contributed by atoms with Crippen LogP contribution >= 0.6 is 0 Å². The molecule has 162 valence electrons. The van der Waals surface area contributed by atoms with E-state index in [0.29, 0.717) is 29.7 Å². The molecule has 2 amide bonds. The van der Waals surface area contributed by atoms with Gasteiger partial charge in [-0.15, -0.1) is 0 Å². The fourth-order valence-corrected chi connectivity index (χ4v) is 3.38. The molecular weight excluding hydrogens is 390 g/mol. The predicted molar refractivity (Wildman–Crippen MR) is 107 cm³/mol. The molecule has 1 fully saturated rings. The maximum absolute atomic E-state index is 12.1. The van der Waals surface area contributed by atoms with Gasteiger partial charge in [-0.05, 0) is 24.1 Å². The molecule has 0 aliphatic carbocycles. The number of methoxy groups -OCH3 is 2. The Kier molecular flexibility index (Phi) is 6.88. The number of nitrogens with zero attached hydrogens (tertiary/aromatic N) is 3. The first kappa shape index (κ1) is 21.6. The minimum atomic E-state index is -0.571. The number of hydrogen-bond donors (Lipinski definition) is 2. The molecule has 2 heterocycles. The van der Waals surface area contributed by atoms with Crippen LogP contribution in [0, 0.1) is 0 Å². The quantitative estimate of drug-likeness (QED) is 0.656. The zero-order valence-corrected chi connectivity index (χ0v) is 17.6. The third kappa shape index (κ3) is 4.54. The summed E-state index contributed by atoms with van der Waals surface area (Å²) in [6, 6.07) is 4.93. The number of carbonyl (C=O) groups is 2. The maximum atomic E-state index is 12.1. The Morgan fingerprint density at radius 1 is 1.33 bits per heavy atom. The summed E-state index contributed by atoms with van der Waals surface area (Å²) in [4.78, 5) is 28.5. The van der Waals surface area contributed by atoms with Gasteiger partial charge in [0.25, 0.3) is 0 Å². The molecule has 2 atom stereocenters. The number of ether oxygens (including phenoxy) is 3. The third-order valence-corrected chi connectivity index (χ3v) is 4.81. The number of hydrogen-bond acceptors (Lipinski definition) is 7. The van der Waals surface area contributed by atoms with Crippen molar-refractivity contribution >= 4 is 11.8 Å². The van der Waals surface area contributed by atoms with E-state index in [2.05, 4.69) is 20.7 Å². The standard InChI is InChI=1S/C20H27N5O5/c1-5-8-25-20(22-15(24-25)10-16(26)21-2)19-18(23-17(27)11-30-19)12-6-7-13(28-3)14(9-12)29-4/h6-7,9,18-19H,5,8,10-11H2,1-4H3,(H,21,26)(H,23,27)/t18-,19+/m1/s1. The van der Waals surface area contributed by atoms with Crippen molar-refractivity contribution in [1.29, 1.82) is 0 Å². The number of nitrogens with one attached hydrogen (secondary N) is 2.